The van der Waals surface area contributed by atoms with Gasteiger partial charge in [-0.2, -0.15) is 0 Å². The molecule has 0 aliphatic carbocycles. The standard InChI is InChI=1S/C15H18N2/c1-3-12-6-5-7-14(10-12)17-15-11-13(4-2)8-9-16-15/h5-11H,3-4H2,1-2H3,(H,16,17). The molecule has 0 spiro atoms. The van der Waals surface area contributed by atoms with Crippen LogP contribution in [0.4, 0.5) is 11.5 Å². The van der Waals surface area contributed by atoms with E-state index in [2.05, 4.69) is 54.5 Å². The van der Waals surface area contributed by atoms with Crippen LogP contribution in [0.1, 0.15) is 25.0 Å². The number of benzene rings is 1. The van der Waals surface area contributed by atoms with Gasteiger partial charge in [0.2, 0.25) is 0 Å². The summed E-state index contributed by atoms with van der Waals surface area (Å²) >= 11 is 0. The highest BCUT2D eigenvalue weighted by Crippen LogP contribution is 2.17. The first-order valence-electron chi connectivity index (χ1n) is 6.12. The van der Waals surface area contributed by atoms with Crippen LogP contribution in [0.25, 0.3) is 0 Å². The fourth-order valence-electron chi connectivity index (χ4n) is 1.78. The van der Waals surface area contributed by atoms with Gasteiger partial charge in [0.15, 0.2) is 0 Å². The van der Waals surface area contributed by atoms with Crippen LogP contribution < -0.4 is 5.32 Å². The molecule has 0 amide bonds. The van der Waals surface area contributed by atoms with E-state index in [0.29, 0.717) is 0 Å². The van der Waals surface area contributed by atoms with Gasteiger partial charge in [0.1, 0.15) is 5.82 Å². The first-order chi connectivity index (χ1) is 8.31. The third kappa shape index (κ3) is 3.06. The van der Waals surface area contributed by atoms with E-state index in [1.165, 1.54) is 11.1 Å². The van der Waals surface area contributed by atoms with Crippen LogP contribution >= 0.6 is 0 Å². The molecule has 1 aromatic carbocycles. The summed E-state index contributed by atoms with van der Waals surface area (Å²) in [6.45, 7) is 4.31. The largest absolute Gasteiger partial charge is 0.340 e. The van der Waals surface area contributed by atoms with Crippen LogP contribution in [0.3, 0.4) is 0 Å². The smallest absolute Gasteiger partial charge is 0.130 e. The maximum absolute atomic E-state index is 4.33. The Morgan fingerprint density at radius 2 is 1.76 bits per heavy atom. The maximum Gasteiger partial charge on any atom is 0.130 e. The topological polar surface area (TPSA) is 24.9 Å². The molecule has 1 heterocycles. The Labute approximate surface area is 103 Å². The SMILES string of the molecule is CCc1cccc(Nc2cc(CC)ccn2)c1. The highest BCUT2D eigenvalue weighted by molar-refractivity contribution is 5.57. The summed E-state index contributed by atoms with van der Waals surface area (Å²) in [5.74, 6) is 0.914. The summed E-state index contributed by atoms with van der Waals surface area (Å²) in [4.78, 5) is 4.33. The lowest BCUT2D eigenvalue weighted by Gasteiger charge is -2.08. The molecule has 0 saturated carbocycles. The molecule has 2 rings (SSSR count). The zero-order valence-corrected chi connectivity index (χ0v) is 10.4. The number of aryl methyl sites for hydroxylation is 2. The minimum atomic E-state index is 0.914. The number of pyridine rings is 1. The lowest BCUT2D eigenvalue weighted by Crippen LogP contribution is -1.95. The number of hydrogen-bond donors (Lipinski definition) is 1. The van der Waals surface area contributed by atoms with Crippen molar-refractivity contribution in [2.24, 2.45) is 0 Å². The number of nitrogens with zero attached hydrogens (tertiary/aromatic N) is 1. The van der Waals surface area contributed by atoms with Gasteiger partial charge in [-0.15, -0.1) is 0 Å². The number of anilines is 2. The third-order valence-corrected chi connectivity index (χ3v) is 2.84. The first-order valence-corrected chi connectivity index (χ1v) is 6.12. The normalized spacial score (nSPS) is 10.2. The fraction of sp³-hybridized carbons (Fsp3) is 0.267. The van der Waals surface area contributed by atoms with Crippen molar-refractivity contribution in [3.8, 4) is 0 Å². The summed E-state index contributed by atoms with van der Waals surface area (Å²) in [5, 5.41) is 3.34. The van der Waals surface area contributed by atoms with Gasteiger partial charge in [-0.05, 0) is 48.2 Å². The number of nitrogens with one attached hydrogen (secondary N) is 1. The van der Waals surface area contributed by atoms with Gasteiger partial charge in [0.25, 0.3) is 0 Å². The molecular weight excluding hydrogens is 208 g/mol. The second-order valence-electron chi connectivity index (χ2n) is 4.08. The number of hydrogen-bond acceptors (Lipinski definition) is 2. The van der Waals surface area contributed by atoms with Crippen LogP contribution in [0, 0.1) is 0 Å². The fourth-order valence-corrected chi connectivity index (χ4v) is 1.78. The lowest BCUT2D eigenvalue weighted by atomic mass is 10.1. The Morgan fingerprint density at radius 3 is 2.53 bits per heavy atom. The Balaban J connectivity index is 2.18. The highest BCUT2D eigenvalue weighted by atomic mass is 15.0. The van der Waals surface area contributed by atoms with E-state index in [1.807, 2.05) is 12.3 Å². The van der Waals surface area contributed by atoms with Crippen LogP contribution in [0.2, 0.25) is 0 Å². The van der Waals surface area contributed by atoms with E-state index < -0.39 is 0 Å². The van der Waals surface area contributed by atoms with E-state index >= 15 is 0 Å². The van der Waals surface area contributed by atoms with Gasteiger partial charge in [-0.1, -0.05) is 26.0 Å². The van der Waals surface area contributed by atoms with Crippen LogP contribution in [0.15, 0.2) is 42.6 Å². The maximum atomic E-state index is 4.33. The molecule has 0 fully saturated rings. The highest BCUT2D eigenvalue weighted by Gasteiger charge is 1.98. The minimum absolute atomic E-state index is 0.914. The molecule has 0 atom stereocenters. The molecule has 0 saturated heterocycles. The van der Waals surface area contributed by atoms with Crippen molar-refractivity contribution in [1.82, 2.24) is 4.98 Å². The predicted molar refractivity (Wildman–Crippen MR) is 72.7 cm³/mol. The van der Waals surface area contributed by atoms with Crippen LogP contribution in [-0.4, -0.2) is 4.98 Å². The number of aromatic nitrogens is 1. The van der Waals surface area contributed by atoms with Gasteiger partial charge < -0.3 is 5.32 Å². The Bertz CT molecular complexity index is 446. The molecule has 1 aromatic heterocycles. The van der Waals surface area contributed by atoms with Crippen LogP contribution in [0.5, 0.6) is 0 Å². The molecule has 0 unspecified atom stereocenters. The van der Waals surface area contributed by atoms with Gasteiger partial charge in [0.05, 0.1) is 0 Å². The van der Waals surface area contributed by atoms with E-state index in [4.69, 9.17) is 0 Å². The first kappa shape index (κ1) is 11.6. The third-order valence-electron chi connectivity index (χ3n) is 2.84. The summed E-state index contributed by atoms with van der Waals surface area (Å²) in [5.41, 5.74) is 3.74. The van der Waals surface area contributed by atoms with Crippen molar-refractivity contribution in [3.05, 3.63) is 53.7 Å². The van der Waals surface area contributed by atoms with Crippen molar-refractivity contribution in [2.75, 3.05) is 5.32 Å². The van der Waals surface area contributed by atoms with Gasteiger partial charge >= 0.3 is 0 Å². The van der Waals surface area contributed by atoms with Gasteiger partial charge in [-0.25, -0.2) is 4.98 Å². The molecule has 2 aromatic rings. The quantitative estimate of drug-likeness (QED) is 0.853. The molecule has 0 aliphatic heterocycles. The summed E-state index contributed by atoms with van der Waals surface area (Å²) in [6, 6.07) is 12.6. The van der Waals surface area contributed by atoms with Gasteiger partial charge in [0, 0.05) is 11.9 Å². The van der Waals surface area contributed by atoms with Gasteiger partial charge in [-0.3, -0.25) is 0 Å². The second kappa shape index (κ2) is 5.48. The Morgan fingerprint density at radius 1 is 1.00 bits per heavy atom. The zero-order valence-electron chi connectivity index (χ0n) is 10.4. The molecule has 0 bridgehead atoms. The average molecular weight is 226 g/mol. The minimum Gasteiger partial charge on any atom is -0.340 e. The lowest BCUT2D eigenvalue weighted by molar-refractivity contribution is 1.12. The summed E-state index contributed by atoms with van der Waals surface area (Å²) in [6.07, 6.45) is 3.94. The molecule has 0 aliphatic rings. The second-order valence-corrected chi connectivity index (χ2v) is 4.08. The predicted octanol–water partition coefficient (Wildman–Crippen LogP) is 3.95. The van der Waals surface area contributed by atoms with E-state index in [0.717, 1.165) is 24.3 Å². The van der Waals surface area contributed by atoms with Crippen molar-refractivity contribution >= 4 is 11.5 Å². The van der Waals surface area contributed by atoms with E-state index in [1.54, 1.807) is 0 Å². The van der Waals surface area contributed by atoms with Crippen molar-refractivity contribution in [2.45, 2.75) is 26.7 Å². The van der Waals surface area contributed by atoms with E-state index in [-0.39, 0.29) is 0 Å². The molecule has 17 heavy (non-hydrogen) atoms. The molecule has 0 radical (unpaired) electrons. The van der Waals surface area contributed by atoms with Crippen molar-refractivity contribution in [3.63, 3.8) is 0 Å². The van der Waals surface area contributed by atoms with Crippen molar-refractivity contribution < 1.29 is 0 Å². The summed E-state index contributed by atoms with van der Waals surface area (Å²) in [7, 11) is 0. The average Bonchev–Trinajstić information content (AvgIpc) is 2.39. The monoisotopic (exact) mass is 226 g/mol. The van der Waals surface area contributed by atoms with E-state index in [9.17, 15) is 0 Å². The summed E-state index contributed by atoms with van der Waals surface area (Å²) < 4.78 is 0. The molecular formula is C15H18N2. The molecule has 2 nitrogen and oxygen atoms in total. The van der Waals surface area contributed by atoms with Crippen molar-refractivity contribution in [1.29, 1.82) is 0 Å². The molecule has 1 N–H and O–H groups in total. The Hall–Kier alpha value is -1.83. The number of rotatable bonds is 4. The zero-order chi connectivity index (χ0) is 12.1. The van der Waals surface area contributed by atoms with Crippen LogP contribution in [-0.2, 0) is 12.8 Å². The molecule has 2 heteroatoms. The Kier molecular flexibility index (Phi) is 3.76. The molecule has 88 valence electrons.